The van der Waals surface area contributed by atoms with Gasteiger partial charge in [0.15, 0.2) is 6.61 Å². The molecule has 1 amide bonds. The quantitative estimate of drug-likeness (QED) is 0.486. The number of hydrogen-bond acceptors (Lipinski definition) is 2. The lowest BCUT2D eigenvalue weighted by atomic mass is 10.3. The third kappa shape index (κ3) is 5.72. The van der Waals surface area contributed by atoms with Crippen molar-refractivity contribution in [2.24, 2.45) is 0 Å². The van der Waals surface area contributed by atoms with Gasteiger partial charge in [0, 0.05) is 12.6 Å². The average Bonchev–Trinajstić information content (AvgIpc) is 2.37. The van der Waals surface area contributed by atoms with Gasteiger partial charge in [-0.05, 0) is 19.4 Å². The molecule has 1 aromatic carbocycles. The standard InChI is InChI=1S/C13H14Cl3NO2/c1-2-3-4-5-17-13(18)8-19-12-7-10(15)9(14)6-11(12)16/h2-3,6-7H,4-5,8H2,1H3,(H,17,18)/b3-2+. The summed E-state index contributed by atoms with van der Waals surface area (Å²) in [5.41, 5.74) is 0. The molecule has 0 heterocycles. The van der Waals surface area contributed by atoms with Crippen molar-refractivity contribution in [2.75, 3.05) is 13.2 Å². The molecule has 6 heteroatoms. The normalized spacial score (nSPS) is 10.7. The summed E-state index contributed by atoms with van der Waals surface area (Å²) in [5.74, 6) is 0.117. The van der Waals surface area contributed by atoms with E-state index < -0.39 is 0 Å². The molecule has 0 atom stereocenters. The first kappa shape index (κ1) is 16.2. The second kappa shape index (κ2) is 8.31. The van der Waals surface area contributed by atoms with Gasteiger partial charge in [0.05, 0.1) is 15.1 Å². The molecule has 104 valence electrons. The van der Waals surface area contributed by atoms with Crippen molar-refractivity contribution in [2.45, 2.75) is 13.3 Å². The Morgan fingerprint density at radius 3 is 2.63 bits per heavy atom. The van der Waals surface area contributed by atoms with E-state index in [4.69, 9.17) is 39.5 Å². The number of ether oxygens (including phenoxy) is 1. The zero-order chi connectivity index (χ0) is 14.3. The van der Waals surface area contributed by atoms with Gasteiger partial charge in [0.2, 0.25) is 0 Å². The van der Waals surface area contributed by atoms with Crippen LogP contribution in [-0.2, 0) is 4.79 Å². The second-order valence-corrected chi connectivity index (χ2v) is 4.91. The van der Waals surface area contributed by atoms with Crippen molar-refractivity contribution >= 4 is 40.7 Å². The molecule has 0 fully saturated rings. The van der Waals surface area contributed by atoms with Gasteiger partial charge >= 0.3 is 0 Å². The minimum absolute atomic E-state index is 0.118. The van der Waals surface area contributed by atoms with Crippen molar-refractivity contribution in [3.8, 4) is 5.75 Å². The first-order valence-electron chi connectivity index (χ1n) is 5.69. The molecule has 0 aliphatic rings. The highest BCUT2D eigenvalue weighted by molar-refractivity contribution is 6.43. The Kier molecular flexibility index (Phi) is 7.06. The summed E-state index contributed by atoms with van der Waals surface area (Å²) in [6.45, 7) is 2.38. The van der Waals surface area contributed by atoms with E-state index in [0.717, 1.165) is 6.42 Å². The molecular weight excluding hydrogens is 309 g/mol. The number of hydrogen-bond donors (Lipinski definition) is 1. The fourth-order valence-corrected chi connectivity index (χ4v) is 1.86. The maximum Gasteiger partial charge on any atom is 0.257 e. The molecule has 0 aliphatic carbocycles. The Morgan fingerprint density at radius 2 is 1.95 bits per heavy atom. The number of halogens is 3. The van der Waals surface area contributed by atoms with Gasteiger partial charge in [-0.2, -0.15) is 0 Å². The molecule has 0 saturated heterocycles. The average molecular weight is 323 g/mol. The van der Waals surface area contributed by atoms with Crippen molar-refractivity contribution in [1.29, 1.82) is 0 Å². The number of carbonyl (C=O) groups excluding carboxylic acids is 1. The van der Waals surface area contributed by atoms with Gasteiger partial charge in [-0.3, -0.25) is 4.79 Å². The van der Waals surface area contributed by atoms with Crippen LogP contribution in [0.2, 0.25) is 15.1 Å². The van der Waals surface area contributed by atoms with Crippen molar-refractivity contribution in [3.05, 3.63) is 39.4 Å². The lowest BCUT2D eigenvalue weighted by molar-refractivity contribution is -0.123. The fourth-order valence-electron chi connectivity index (χ4n) is 1.27. The third-order valence-electron chi connectivity index (χ3n) is 2.20. The Bertz CT molecular complexity index is 475. The Morgan fingerprint density at radius 1 is 1.26 bits per heavy atom. The smallest absolute Gasteiger partial charge is 0.257 e. The molecule has 1 N–H and O–H groups in total. The maximum atomic E-state index is 11.5. The van der Waals surface area contributed by atoms with Crippen molar-refractivity contribution < 1.29 is 9.53 Å². The molecule has 0 bridgehead atoms. The number of allylic oxidation sites excluding steroid dienone is 1. The van der Waals surface area contributed by atoms with E-state index in [0.29, 0.717) is 27.4 Å². The predicted octanol–water partition coefficient (Wildman–Crippen LogP) is 4.11. The van der Waals surface area contributed by atoms with Gasteiger partial charge in [-0.25, -0.2) is 0 Å². The monoisotopic (exact) mass is 321 g/mol. The molecule has 0 unspecified atom stereocenters. The van der Waals surface area contributed by atoms with Crippen LogP contribution in [0.3, 0.4) is 0 Å². The topological polar surface area (TPSA) is 38.3 Å². The molecule has 1 rings (SSSR count). The molecule has 19 heavy (non-hydrogen) atoms. The Hall–Kier alpha value is -0.900. The molecule has 0 aromatic heterocycles. The van der Waals surface area contributed by atoms with Crippen LogP contribution in [0.1, 0.15) is 13.3 Å². The van der Waals surface area contributed by atoms with Gasteiger partial charge in [-0.15, -0.1) is 0 Å². The largest absolute Gasteiger partial charge is 0.482 e. The maximum absolute atomic E-state index is 11.5. The highest BCUT2D eigenvalue weighted by Gasteiger charge is 2.09. The SMILES string of the molecule is C/C=C/CCNC(=O)COc1cc(Cl)c(Cl)cc1Cl. The van der Waals surface area contributed by atoms with Crippen LogP contribution < -0.4 is 10.1 Å². The number of carbonyl (C=O) groups is 1. The van der Waals surface area contributed by atoms with Crippen molar-refractivity contribution in [1.82, 2.24) is 5.32 Å². The van der Waals surface area contributed by atoms with Gasteiger partial charge in [0.1, 0.15) is 5.75 Å². The minimum atomic E-state index is -0.216. The molecular formula is C13H14Cl3NO2. The third-order valence-corrected chi connectivity index (χ3v) is 3.22. The predicted molar refractivity (Wildman–Crippen MR) is 79.4 cm³/mol. The van der Waals surface area contributed by atoms with E-state index in [2.05, 4.69) is 5.32 Å². The van der Waals surface area contributed by atoms with Crippen LogP contribution in [0.5, 0.6) is 5.75 Å². The number of nitrogens with one attached hydrogen (secondary N) is 1. The van der Waals surface area contributed by atoms with E-state index in [9.17, 15) is 4.79 Å². The summed E-state index contributed by atoms with van der Waals surface area (Å²) < 4.78 is 5.29. The highest BCUT2D eigenvalue weighted by Crippen LogP contribution is 2.33. The lowest BCUT2D eigenvalue weighted by Gasteiger charge is -2.09. The van der Waals surface area contributed by atoms with Crippen LogP contribution in [0, 0.1) is 0 Å². The molecule has 1 aromatic rings. The van der Waals surface area contributed by atoms with E-state index in [1.165, 1.54) is 12.1 Å². The van der Waals surface area contributed by atoms with E-state index >= 15 is 0 Å². The summed E-state index contributed by atoms with van der Waals surface area (Å²) in [7, 11) is 0. The summed E-state index contributed by atoms with van der Waals surface area (Å²) in [5, 5.41) is 3.70. The van der Waals surface area contributed by atoms with Crippen LogP contribution in [0.4, 0.5) is 0 Å². The van der Waals surface area contributed by atoms with E-state index in [-0.39, 0.29) is 12.5 Å². The Labute approximate surface area is 127 Å². The van der Waals surface area contributed by atoms with Crippen LogP contribution >= 0.6 is 34.8 Å². The van der Waals surface area contributed by atoms with Gasteiger partial charge < -0.3 is 10.1 Å². The fraction of sp³-hybridized carbons (Fsp3) is 0.308. The van der Waals surface area contributed by atoms with E-state index in [1.807, 2.05) is 19.1 Å². The van der Waals surface area contributed by atoms with Crippen LogP contribution in [-0.4, -0.2) is 19.1 Å². The Balaban J connectivity index is 2.44. The first-order chi connectivity index (χ1) is 9.04. The van der Waals surface area contributed by atoms with Crippen molar-refractivity contribution in [3.63, 3.8) is 0 Å². The lowest BCUT2D eigenvalue weighted by Crippen LogP contribution is -2.29. The molecule has 0 aliphatic heterocycles. The van der Waals surface area contributed by atoms with Crippen LogP contribution in [0.25, 0.3) is 0 Å². The summed E-state index contributed by atoms with van der Waals surface area (Å²) in [4.78, 5) is 11.5. The highest BCUT2D eigenvalue weighted by atomic mass is 35.5. The number of amides is 1. The molecule has 3 nitrogen and oxygen atoms in total. The summed E-state index contributed by atoms with van der Waals surface area (Å²) in [6.07, 6.45) is 4.69. The minimum Gasteiger partial charge on any atom is -0.482 e. The zero-order valence-electron chi connectivity index (χ0n) is 10.4. The number of benzene rings is 1. The molecule has 0 saturated carbocycles. The van der Waals surface area contributed by atoms with Gasteiger partial charge in [0.25, 0.3) is 5.91 Å². The zero-order valence-corrected chi connectivity index (χ0v) is 12.6. The van der Waals surface area contributed by atoms with Crippen LogP contribution in [0.15, 0.2) is 24.3 Å². The summed E-state index contributed by atoms with van der Waals surface area (Å²) in [6, 6.07) is 2.96. The molecule has 0 radical (unpaired) electrons. The van der Waals surface area contributed by atoms with Gasteiger partial charge in [-0.1, -0.05) is 47.0 Å². The first-order valence-corrected chi connectivity index (χ1v) is 6.83. The number of rotatable bonds is 6. The van der Waals surface area contributed by atoms with E-state index in [1.54, 1.807) is 0 Å². The molecule has 0 spiro atoms. The second-order valence-electron chi connectivity index (χ2n) is 3.69. The summed E-state index contributed by atoms with van der Waals surface area (Å²) >= 11 is 17.6.